The van der Waals surface area contributed by atoms with E-state index in [4.69, 9.17) is 9.47 Å². The number of benzene rings is 2. The summed E-state index contributed by atoms with van der Waals surface area (Å²) >= 11 is 1.29. The number of ether oxygens (including phenoxy) is 2. The zero-order valence-electron chi connectivity index (χ0n) is 14.3. The maximum absolute atomic E-state index is 14.0. The second-order valence-corrected chi connectivity index (χ2v) is 6.87. The summed E-state index contributed by atoms with van der Waals surface area (Å²) in [6, 6.07) is 7.63. The lowest BCUT2D eigenvalue weighted by molar-refractivity contribution is -0.113. The van der Waals surface area contributed by atoms with E-state index in [-0.39, 0.29) is 23.0 Å². The normalized spacial score (nSPS) is 12.6. The number of anilines is 2. The van der Waals surface area contributed by atoms with E-state index in [1.54, 1.807) is 26.2 Å². The lowest BCUT2D eigenvalue weighted by Crippen LogP contribution is -2.17. The molecular weight excluding hydrogens is 362 g/mol. The van der Waals surface area contributed by atoms with E-state index in [1.807, 2.05) is 6.07 Å². The summed E-state index contributed by atoms with van der Waals surface area (Å²) in [6.07, 6.45) is 0. The molecule has 1 amide bonds. The highest BCUT2D eigenvalue weighted by Crippen LogP contribution is 2.34. The fourth-order valence-corrected chi connectivity index (χ4v) is 3.25. The highest BCUT2D eigenvalue weighted by molar-refractivity contribution is 8.00. The molecule has 8 heteroatoms. The van der Waals surface area contributed by atoms with Crippen LogP contribution in [0, 0.1) is 11.6 Å². The summed E-state index contributed by atoms with van der Waals surface area (Å²) in [7, 11) is 3.09. The lowest BCUT2D eigenvalue weighted by Gasteiger charge is -2.18. The molecule has 0 atom stereocenters. The predicted octanol–water partition coefficient (Wildman–Crippen LogP) is 3.53. The monoisotopic (exact) mass is 380 g/mol. The molecular formula is C18H18F2N2O3S. The molecule has 5 nitrogen and oxygen atoms in total. The fourth-order valence-electron chi connectivity index (χ4n) is 2.52. The molecule has 0 unspecified atom stereocenters. The SMILES string of the molecule is CN(C)c1c(F)cc(NC(=O)CSc2ccc3c(c2)OCCO3)cc1F. The number of nitrogens with one attached hydrogen (secondary N) is 1. The number of fused-ring (bicyclic) bond motifs is 1. The van der Waals surface area contributed by atoms with Crippen LogP contribution in [-0.2, 0) is 4.79 Å². The molecule has 0 saturated heterocycles. The van der Waals surface area contributed by atoms with Crippen LogP contribution in [-0.4, -0.2) is 39.0 Å². The number of rotatable bonds is 5. The van der Waals surface area contributed by atoms with Crippen LogP contribution in [0.4, 0.5) is 20.2 Å². The summed E-state index contributed by atoms with van der Waals surface area (Å²) in [5, 5.41) is 2.51. The molecule has 0 bridgehead atoms. The number of thioether (sulfide) groups is 1. The Hall–Kier alpha value is -2.48. The molecule has 0 fully saturated rings. The molecule has 2 aromatic carbocycles. The Kier molecular flexibility index (Phi) is 5.51. The molecule has 0 radical (unpaired) electrons. The van der Waals surface area contributed by atoms with E-state index in [0.717, 1.165) is 17.0 Å². The number of amides is 1. The number of carbonyl (C=O) groups is 1. The van der Waals surface area contributed by atoms with Gasteiger partial charge in [0, 0.05) is 24.7 Å². The van der Waals surface area contributed by atoms with E-state index in [2.05, 4.69) is 5.32 Å². The van der Waals surface area contributed by atoms with E-state index in [1.165, 1.54) is 16.7 Å². The van der Waals surface area contributed by atoms with Crippen LogP contribution in [0.3, 0.4) is 0 Å². The number of nitrogens with zero attached hydrogens (tertiary/aromatic N) is 1. The average Bonchev–Trinajstić information content (AvgIpc) is 2.59. The molecule has 1 heterocycles. The summed E-state index contributed by atoms with van der Waals surface area (Å²) in [5.41, 5.74) is -0.0629. The molecule has 0 aliphatic carbocycles. The van der Waals surface area contributed by atoms with Crippen molar-refractivity contribution in [3.63, 3.8) is 0 Å². The maximum atomic E-state index is 14.0. The summed E-state index contributed by atoms with van der Waals surface area (Å²) in [6.45, 7) is 1.00. The van der Waals surface area contributed by atoms with Crippen molar-refractivity contribution in [2.24, 2.45) is 0 Å². The van der Waals surface area contributed by atoms with E-state index >= 15 is 0 Å². The van der Waals surface area contributed by atoms with Gasteiger partial charge in [0.05, 0.1) is 5.75 Å². The van der Waals surface area contributed by atoms with Gasteiger partial charge in [0.15, 0.2) is 23.1 Å². The standard InChI is InChI=1S/C18H18F2N2O3S/c1-22(2)18-13(19)7-11(8-14(18)20)21-17(23)10-26-12-3-4-15-16(9-12)25-6-5-24-15/h3-4,7-9H,5-6,10H2,1-2H3,(H,21,23). The highest BCUT2D eigenvalue weighted by atomic mass is 32.2. The van der Waals surface area contributed by atoms with Crippen LogP contribution >= 0.6 is 11.8 Å². The molecule has 26 heavy (non-hydrogen) atoms. The maximum Gasteiger partial charge on any atom is 0.234 e. The van der Waals surface area contributed by atoms with Gasteiger partial charge < -0.3 is 19.7 Å². The van der Waals surface area contributed by atoms with Gasteiger partial charge in [-0.1, -0.05) is 0 Å². The highest BCUT2D eigenvalue weighted by Gasteiger charge is 2.15. The average molecular weight is 380 g/mol. The minimum atomic E-state index is -0.732. The van der Waals surface area contributed by atoms with Gasteiger partial charge in [0.2, 0.25) is 5.91 Å². The largest absolute Gasteiger partial charge is 0.486 e. The predicted molar refractivity (Wildman–Crippen MR) is 97.5 cm³/mol. The van der Waals surface area contributed by atoms with Crippen molar-refractivity contribution in [2.75, 3.05) is 43.3 Å². The second-order valence-electron chi connectivity index (χ2n) is 5.83. The minimum Gasteiger partial charge on any atom is -0.486 e. The third kappa shape index (κ3) is 4.19. The van der Waals surface area contributed by atoms with E-state index in [0.29, 0.717) is 24.7 Å². The van der Waals surface area contributed by atoms with Crippen molar-refractivity contribution in [3.05, 3.63) is 42.0 Å². The Balaban J connectivity index is 1.61. The Morgan fingerprint density at radius 1 is 1.12 bits per heavy atom. The first-order valence-electron chi connectivity index (χ1n) is 7.92. The first-order valence-corrected chi connectivity index (χ1v) is 8.91. The fraction of sp³-hybridized carbons (Fsp3) is 0.278. The van der Waals surface area contributed by atoms with Crippen LogP contribution in [0.25, 0.3) is 0 Å². The summed E-state index contributed by atoms with van der Waals surface area (Å²) in [5.74, 6) is -0.406. The molecule has 1 aliphatic heterocycles. The number of halogens is 2. The molecule has 2 aromatic rings. The third-order valence-corrected chi connectivity index (χ3v) is 4.63. The topological polar surface area (TPSA) is 50.8 Å². The van der Waals surface area contributed by atoms with Crippen molar-refractivity contribution >= 4 is 29.0 Å². The van der Waals surface area contributed by atoms with Gasteiger partial charge in [-0.05, 0) is 30.3 Å². The minimum absolute atomic E-state index is 0.0818. The molecule has 1 aliphatic rings. The van der Waals surface area contributed by atoms with Gasteiger partial charge in [-0.3, -0.25) is 4.79 Å². The smallest absolute Gasteiger partial charge is 0.234 e. The van der Waals surface area contributed by atoms with Gasteiger partial charge in [0.1, 0.15) is 18.9 Å². The van der Waals surface area contributed by atoms with Crippen molar-refractivity contribution in [3.8, 4) is 11.5 Å². The quantitative estimate of drug-likeness (QED) is 0.805. The Morgan fingerprint density at radius 2 is 1.77 bits per heavy atom. The zero-order chi connectivity index (χ0) is 18.7. The zero-order valence-corrected chi connectivity index (χ0v) is 15.2. The van der Waals surface area contributed by atoms with Gasteiger partial charge in [-0.2, -0.15) is 0 Å². The molecule has 138 valence electrons. The second kappa shape index (κ2) is 7.82. The van der Waals surface area contributed by atoms with E-state index in [9.17, 15) is 13.6 Å². The summed E-state index contributed by atoms with van der Waals surface area (Å²) < 4.78 is 38.9. The van der Waals surface area contributed by atoms with Crippen LogP contribution in [0.1, 0.15) is 0 Å². The Bertz CT molecular complexity index is 807. The molecule has 1 N–H and O–H groups in total. The lowest BCUT2D eigenvalue weighted by atomic mass is 10.2. The molecule has 0 saturated carbocycles. The van der Waals surface area contributed by atoms with Crippen molar-refractivity contribution < 1.29 is 23.0 Å². The van der Waals surface area contributed by atoms with Gasteiger partial charge in [-0.15, -0.1) is 11.8 Å². The van der Waals surface area contributed by atoms with Gasteiger partial charge >= 0.3 is 0 Å². The van der Waals surface area contributed by atoms with Crippen LogP contribution in [0.5, 0.6) is 11.5 Å². The van der Waals surface area contributed by atoms with Crippen LogP contribution in [0.15, 0.2) is 35.2 Å². The molecule has 0 aromatic heterocycles. The van der Waals surface area contributed by atoms with E-state index < -0.39 is 11.6 Å². The summed E-state index contributed by atoms with van der Waals surface area (Å²) in [4.78, 5) is 14.3. The molecule has 3 rings (SSSR count). The number of hydrogen-bond acceptors (Lipinski definition) is 5. The first kappa shape index (κ1) is 18.3. The van der Waals surface area contributed by atoms with Gasteiger partial charge in [0.25, 0.3) is 0 Å². The van der Waals surface area contributed by atoms with Crippen molar-refractivity contribution in [1.82, 2.24) is 0 Å². The first-order chi connectivity index (χ1) is 12.4. The molecule has 0 spiro atoms. The Morgan fingerprint density at radius 3 is 2.42 bits per heavy atom. The van der Waals surface area contributed by atoms with Crippen molar-refractivity contribution in [1.29, 1.82) is 0 Å². The van der Waals surface area contributed by atoms with Crippen LogP contribution in [0.2, 0.25) is 0 Å². The number of hydrogen-bond donors (Lipinski definition) is 1. The Labute approximate surface area is 154 Å². The number of carbonyl (C=O) groups excluding carboxylic acids is 1. The third-order valence-electron chi connectivity index (χ3n) is 3.63. The van der Waals surface area contributed by atoms with Crippen LogP contribution < -0.4 is 19.7 Å². The van der Waals surface area contributed by atoms with Gasteiger partial charge in [-0.25, -0.2) is 8.78 Å². The van der Waals surface area contributed by atoms with Crippen molar-refractivity contribution in [2.45, 2.75) is 4.90 Å².